The van der Waals surface area contributed by atoms with Crippen molar-refractivity contribution in [3.63, 3.8) is 0 Å². The zero-order chi connectivity index (χ0) is 16.2. The molecule has 3 unspecified atom stereocenters. The van der Waals surface area contributed by atoms with Crippen LogP contribution in [0.25, 0.3) is 0 Å². The fraction of sp³-hybridized carbons (Fsp3) is 0.944. The van der Waals surface area contributed by atoms with Crippen LogP contribution in [-0.4, -0.2) is 41.8 Å². The fourth-order valence-electron chi connectivity index (χ4n) is 3.82. The average Bonchev–Trinajstić information content (AvgIpc) is 2.73. The van der Waals surface area contributed by atoms with E-state index in [9.17, 15) is 4.79 Å². The fourth-order valence-corrected chi connectivity index (χ4v) is 3.82. The number of nitrogens with one attached hydrogen (secondary N) is 1. The second-order valence-electron chi connectivity index (χ2n) is 7.99. The SMILES string of the molecule is CCC1CCCC1NC1CCCCN(C(=O)OC(C)(C)C)C1. The molecule has 0 aromatic rings. The van der Waals surface area contributed by atoms with Gasteiger partial charge in [0.15, 0.2) is 0 Å². The molecule has 1 saturated carbocycles. The minimum Gasteiger partial charge on any atom is -0.444 e. The van der Waals surface area contributed by atoms with Gasteiger partial charge in [-0.25, -0.2) is 4.79 Å². The van der Waals surface area contributed by atoms with Crippen LogP contribution < -0.4 is 5.32 Å². The molecule has 2 rings (SSSR count). The second-order valence-corrected chi connectivity index (χ2v) is 7.99. The number of carbonyl (C=O) groups excluding carboxylic acids is 1. The maximum Gasteiger partial charge on any atom is 0.410 e. The highest BCUT2D eigenvalue weighted by Gasteiger charge is 2.31. The molecular weight excluding hydrogens is 276 g/mol. The van der Waals surface area contributed by atoms with Crippen molar-refractivity contribution in [3.05, 3.63) is 0 Å². The van der Waals surface area contributed by atoms with Crippen LogP contribution in [0.1, 0.15) is 72.6 Å². The van der Waals surface area contributed by atoms with Gasteiger partial charge in [0.2, 0.25) is 0 Å². The van der Waals surface area contributed by atoms with Gasteiger partial charge in [0, 0.05) is 25.2 Å². The van der Waals surface area contributed by atoms with E-state index in [1.807, 2.05) is 25.7 Å². The number of hydrogen-bond donors (Lipinski definition) is 1. The molecule has 4 heteroatoms. The first kappa shape index (κ1) is 17.6. The summed E-state index contributed by atoms with van der Waals surface area (Å²) in [5.41, 5.74) is -0.412. The molecule has 2 aliphatic rings. The van der Waals surface area contributed by atoms with Crippen LogP contribution in [0.2, 0.25) is 0 Å². The summed E-state index contributed by atoms with van der Waals surface area (Å²) in [4.78, 5) is 14.3. The summed E-state index contributed by atoms with van der Waals surface area (Å²) >= 11 is 0. The molecular formula is C18H34N2O2. The van der Waals surface area contributed by atoms with Gasteiger partial charge in [-0.15, -0.1) is 0 Å². The Morgan fingerprint density at radius 3 is 2.64 bits per heavy atom. The highest BCUT2D eigenvalue weighted by atomic mass is 16.6. The van der Waals surface area contributed by atoms with Crippen molar-refractivity contribution >= 4 is 6.09 Å². The first-order valence-electron chi connectivity index (χ1n) is 9.13. The molecule has 0 aromatic carbocycles. The van der Waals surface area contributed by atoms with E-state index in [2.05, 4.69) is 12.2 Å². The Bertz CT molecular complexity index is 365. The largest absolute Gasteiger partial charge is 0.444 e. The zero-order valence-electron chi connectivity index (χ0n) is 14.9. The minimum atomic E-state index is -0.412. The van der Waals surface area contributed by atoms with Crippen molar-refractivity contribution in [1.29, 1.82) is 0 Å². The average molecular weight is 310 g/mol. The van der Waals surface area contributed by atoms with E-state index in [1.165, 1.54) is 38.5 Å². The summed E-state index contributed by atoms with van der Waals surface area (Å²) in [6.07, 6.45) is 8.56. The Kier molecular flexibility index (Phi) is 6.13. The van der Waals surface area contributed by atoms with Crippen molar-refractivity contribution < 1.29 is 9.53 Å². The van der Waals surface area contributed by atoms with Gasteiger partial charge < -0.3 is 15.0 Å². The van der Waals surface area contributed by atoms with Gasteiger partial charge in [-0.05, 0) is 52.4 Å². The number of hydrogen-bond acceptors (Lipinski definition) is 3. The van der Waals surface area contributed by atoms with Crippen LogP contribution in [-0.2, 0) is 4.74 Å². The first-order valence-corrected chi connectivity index (χ1v) is 9.13. The topological polar surface area (TPSA) is 41.6 Å². The molecule has 1 N–H and O–H groups in total. The molecule has 4 nitrogen and oxygen atoms in total. The van der Waals surface area contributed by atoms with E-state index in [-0.39, 0.29) is 6.09 Å². The lowest BCUT2D eigenvalue weighted by atomic mass is 9.99. The number of likely N-dealkylation sites (tertiary alicyclic amines) is 1. The number of rotatable bonds is 3. The third-order valence-electron chi connectivity index (χ3n) is 4.96. The molecule has 0 spiro atoms. The zero-order valence-corrected chi connectivity index (χ0v) is 14.9. The van der Waals surface area contributed by atoms with E-state index < -0.39 is 5.60 Å². The first-order chi connectivity index (χ1) is 10.4. The Morgan fingerprint density at radius 2 is 1.95 bits per heavy atom. The Hall–Kier alpha value is -0.770. The van der Waals surface area contributed by atoms with Gasteiger partial charge >= 0.3 is 6.09 Å². The highest BCUT2D eigenvalue weighted by molar-refractivity contribution is 5.68. The van der Waals surface area contributed by atoms with Crippen molar-refractivity contribution in [2.24, 2.45) is 5.92 Å². The van der Waals surface area contributed by atoms with Gasteiger partial charge in [0.1, 0.15) is 5.60 Å². The molecule has 1 aliphatic carbocycles. The highest BCUT2D eigenvalue weighted by Crippen LogP contribution is 2.29. The van der Waals surface area contributed by atoms with Gasteiger partial charge in [-0.1, -0.05) is 26.2 Å². The lowest BCUT2D eigenvalue weighted by Gasteiger charge is -2.31. The van der Waals surface area contributed by atoms with Crippen LogP contribution in [0.4, 0.5) is 4.79 Å². The molecule has 1 heterocycles. The van der Waals surface area contributed by atoms with Crippen LogP contribution in [0.3, 0.4) is 0 Å². The van der Waals surface area contributed by atoms with Gasteiger partial charge in [-0.3, -0.25) is 0 Å². The van der Waals surface area contributed by atoms with Crippen molar-refractivity contribution in [1.82, 2.24) is 10.2 Å². The Morgan fingerprint density at radius 1 is 1.18 bits per heavy atom. The van der Waals surface area contributed by atoms with E-state index in [1.54, 1.807) is 0 Å². The standard InChI is InChI=1S/C18H34N2O2/c1-5-14-9-8-11-16(14)19-15-10-6-7-12-20(13-15)17(21)22-18(2,3)4/h14-16,19H,5-13H2,1-4H3. The third-order valence-corrected chi connectivity index (χ3v) is 4.96. The Balaban J connectivity index is 1.90. The summed E-state index contributed by atoms with van der Waals surface area (Å²) in [7, 11) is 0. The van der Waals surface area contributed by atoms with Crippen LogP contribution in [0.5, 0.6) is 0 Å². The van der Waals surface area contributed by atoms with Gasteiger partial charge in [-0.2, -0.15) is 0 Å². The van der Waals surface area contributed by atoms with Crippen LogP contribution in [0, 0.1) is 5.92 Å². The van der Waals surface area contributed by atoms with Crippen molar-refractivity contribution in [2.75, 3.05) is 13.1 Å². The predicted molar refractivity (Wildman–Crippen MR) is 90.0 cm³/mol. The normalized spacial score (nSPS) is 30.2. The monoisotopic (exact) mass is 310 g/mol. The van der Waals surface area contributed by atoms with E-state index in [0.29, 0.717) is 12.1 Å². The number of nitrogens with zero attached hydrogens (tertiary/aromatic N) is 1. The third kappa shape index (κ3) is 5.15. The van der Waals surface area contributed by atoms with Gasteiger partial charge in [0.05, 0.1) is 0 Å². The molecule has 1 amide bonds. The predicted octanol–water partition coefficient (Wildman–Crippen LogP) is 3.94. The maximum absolute atomic E-state index is 12.3. The minimum absolute atomic E-state index is 0.153. The summed E-state index contributed by atoms with van der Waals surface area (Å²) in [5, 5.41) is 3.86. The summed E-state index contributed by atoms with van der Waals surface area (Å²) in [6, 6.07) is 1.07. The van der Waals surface area contributed by atoms with Crippen LogP contribution >= 0.6 is 0 Å². The molecule has 1 saturated heterocycles. The molecule has 2 fully saturated rings. The Labute approximate surface area is 136 Å². The van der Waals surface area contributed by atoms with Crippen molar-refractivity contribution in [2.45, 2.75) is 90.3 Å². The molecule has 1 aliphatic heterocycles. The molecule has 3 atom stereocenters. The maximum atomic E-state index is 12.3. The van der Waals surface area contributed by atoms with Gasteiger partial charge in [0.25, 0.3) is 0 Å². The molecule has 22 heavy (non-hydrogen) atoms. The molecule has 128 valence electrons. The van der Waals surface area contributed by atoms with E-state index in [0.717, 1.165) is 25.4 Å². The summed E-state index contributed by atoms with van der Waals surface area (Å²) in [5.74, 6) is 0.818. The second kappa shape index (κ2) is 7.67. The molecule has 0 bridgehead atoms. The van der Waals surface area contributed by atoms with E-state index in [4.69, 9.17) is 4.74 Å². The summed E-state index contributed by atoms with van der Waals surface area (Å²) < 4.78 is 5.55. The summed E-state index contributed by atoms with van der Waals surface area (Å²) in [6.45, 7) is 9.72. The van der Waals surface area contributed by atoms with E-state index >= 15 is 0 Å². The lowest BCUT2D eigenvalue weighted by molar-refractivity contribution is 0.0241. The van der Waals surface area contributed by atoms with Crippen LogP contribution in [0.15, 0.2) is 0 Å². The quantitative estimate of drug-likeness (QED) is 0.858. The number of ether oxygens (including phenoxy) is 1. The molecule has 0 aromatic heterocycles. The number of carbonyl (C=O) groups is 1. The lowest BCUT2D eigenvalue weighted by Crippen LogP contribution is -2.48. The smallest absolute Gasteiger partial charge is 0.410 e. The number of amides is 1. The van der Waals surface area contributed by atoms with Crippen molar-refractivity contribution in [3.8, 4) is 0 Å². The molecule has 0 radical (unpaired) electrons.